The smallest absolute Gasteiger partial charge is 0.250 e. The van der Waals surface area contributed by atoms with Crippen molar-refractivity contribution in [3.63, 3.8) is 0 Å². The van der Waals surface area contributed by atoms with Gasteiger partial charge in [-0.1, -0.05) is 36.4 Å². The van der Waals surface area contributed by atoms with Crippen LogP contribution in [0.5, 0.6) is 0 Å². The molecule has 0 bridgehead atoms. The number of rotatable bonds is 6. The Labute approximate surface area is 135 Å². The van der Waals surface area contributed by atoms with E-state index in [0.29, 0.717) is 17.6 Å². The van der Waals surface area contributed by atoms with Gasteiger partial charge in [-0.25, -0.2) is 4.98 Å². The van der Waals surface area contributed by atoms with E-state index < -0.39 is 5.91 Å². The van der Waals surface area contributed by atoms with E-state index in [1.165, 1.54) is 5.56 Å². The quantitative estimate of drug-likeness (QED) is 0.734. The Hall–Kier alpha value is -2.66. The van der Waals surface area contributed by atoms with Gasteiger partial charge in [0, 0.05) is 6.54 Å². The summed E-state index contributed by atoms with van der Waals surface area (Å²) < 4.78 is 0. The number of imidazole rings is 1. The number of nitrogens with one attached hydrogen (secondary N) is 1. The van der Waals surface area contributed by atoms with Crippen molar-refractivity contribution in [3.8, 4) is 0 Å². The van der Waals surface area contributed by atoms with Gasteiger partial charge in [-0.15, -0.1) is 0 Å². The molecule has 0 saturated carbocycles. The van der Waals surface area contributed by atoms with Crippen LogP contribution in [0.25, 0.3) is 11.0 Å². The van der Waals surface area contributed by atoms with E-state index in [1.54, 1.807) is 6.07 Å². The van der Waals surface area contributed by atoms with Crippen molar-refractivity contribution < 1.29 is 4.79 Å². The highest BCUT2D eigenvalue weighted by molar-refractivity contribution is 6.03. The molecule has 3 N–H and O–H groups in total. The van der Waals surface area contributed by atoms with Crippen molar-refractivity contribution >= 4 is 16.9 Å². The summed E-state index contributed by atoms with van der Waals surface area (Å²) in [5, 5.41) is 0. The van der Waals surface area contributed by atoms with Crippen LogP contribution in [0, 0.1) is 0 Å². The van der Waals surface area contributed by atoms with Gasteiger partial charge in [0.2, 0.25) is 0 Å². The maximum absolute atomic E-state index is 11.5. The van der Waals surface area contributed by atoms with Crippen molar-refractivity contribution in [2.75, 3.05) is 13.6 Å². The summed E-state index contributed by atoms with van der Waals surface area (Å²) in [7, 11) is 2.06. The molecule has 0 unspecified atom stereocenters. The number of likely N-dealkylation sites (N-methyl/N-ethyl adjacent to an activating group) is 1. The highest BCUT2D eigenvalue weighted by Gasteiger charge is 2.12. The molecule has 3 rings (SSSR count). The van der Waals surface area contributed by atoms with Crippen molar-refractivity contribution in [2.24, 2.45) is 5.73 Å². The minimum absolute atomic E-state index is 0.453. The number of benzene rings is 2. The van der Waals surface area contributed by atoms with Gasteiger partial charge in [0.1, 0.15) is 11.3 Å². The average molecular weight is 308 g/mol. The number of H-pyrrole nitrogens is 1. The summed E-state index contributed by atoms with van der Waals surface area (Å²) in [6.45, 7) is 1.63. The van der Waals surface area contributed by atoms with E-state index in [2.05, 4.69) is 46.2 Å². The molecule has 5 heteroatoms. The molecule has 2 aromatic carbocycles. The topological polar surface area (TPSA) is 75.0 Å². The molecular formula is C18H20N4O. The summed E-state index contributed by atoms with van der Waals surface area (Å²) in [5.41, 5.74) is 8.66. The van der Waals surface area contributed by atoms with Crippen LogP contribution in [0.2, 0.25) is 0 Å². The van der Waals surface area contributed by atoms with Crippen molar-refractivity contribution in [1.29, 1.82) is 0 Å². The summed E-state index contributed by atoms with van der Waals surface area (Å²) >= 11 is 0. The summed E-state index contributed by atoms with van der Waals surface area (Å²) in [6, 6.07) is 15.8. The zero-order chi connectivity index (χ0) is 16.2. The van der Waals surface area contributed by atoms with E-state index >= 15 is 0 Å². The minimum Gasteiger partial charge on any atom is -0.366 e. The Bertz CT molecular complexity index is 810. The number of primary amides is 1. The fourth-order valence-electron chi connectivity index (χ4n) is 2.66. The molecular weight excluding hydrogens is 288 g/mol. The second-order valence-electron chi connectivity index (χ2n) is 5.72. The monoisotopic (exact) mass is 308 g/mol. The number of aromatic nitrogens is 2. The largest absolute Gasteiger partial charge is 0.366 e. The second kappa shape index (κ2) is 6.62. The SMILES string of the molecule is CN(CCc1ccccc1)Cc1nc2c(C(N)=O)cccc2[nH]1. The molecule has 3 aromatic rings. The van der Waals surface area contributed by atoms with Gasteiger partial charge in [-0.2, -0.15) is 0 Å². The van der Waals surface area contributed by atoms with Gasteiger partial charge < -0.3 is 10.7 Å². The number of amides is 1. The van der Waals surface area contributed by atoms with Gasteiger partial charge in [0.05, 0.1) is 17.6 Å². The summed E-state index contributed by atoms with van der Waals surface area (Å²) in [5.74, 6) is 0.385. The Morgan fingerprint density at radius 2 is 1.96 bits per heavy atom. The third kappa shape index (κ3) is 3.57. The van der Waals surface area contributed by atoms with E-state index in [-0.39, 0.29) is 0 Å². The molecule has 23 heavy (non-hydrogen) atoms. The normalized spacial score (nSPS) is 11.2. The van der Waals surface area contributed by atoms with Gasteiger partial charge in [0.25, 0.3) is 5.91 Å². The molecule has 1 aromatic heterocycles. The highest BCUT2D eigenvalue weighted by atomic mass is 16.1. The third-order valence-electron chi connectivity index (χ3n) is 3.87. The first-order chi connectivity index (χ1) is 11.1. The van der Waals surface area contributed by atoms with Gasteiger partial charge in [-0.05, 0) is 31.2 Å². The molecule has 118 valence electrons. The van der Waals surface area contributed by atoms with Crippen LogP contribution in [-0.2, 0) is 13.0 Å². The maximum atomic E-state index is 11.5. The molecule has 0 aliphatic carbocycles. The number of carbonyl (C=O) groups excluding carboxylic acids is 1. The van der Waals surface area contributed by atoms with E-state index in [9.17, 15) is 4.79 Å². The van der Waals surface area contributed by atoms with Gasteiger partial charge >= 0.3 is 0 Å². The highest BCUT2D eigenvalue weighted by Crippen LogP contribution is 2.16. The predicted octanol–water partition coefficient (Wildman–Crippen LogP) is 2.34. The Kier molecular flexibility index (Phi) is 4.39. The van der Waals surface area contributed by atoms with Crippen LogP contribution in [0.4, 0.5) is 0 Å². The number of para-hydroxylation sites is 1. The Balaban J connectivity index is 1.69. The molecule has 1 heterocycles. The first kappa shape index (κ1) is 15.2. The van der Waals surface area contributed by atoms with Crippen LogP contribution in [0.3, 0.4) is 0 Å². The lowest BCUT2D eigenvalue weighted by atomic mass is 10.1. The van der Waals surface area contributed by atoms with E-state index in [0.717, 1.165) is 24.3 Å². The number of carbonyl (C=O) groups is 1. The Morgan fingerprint density at radius 3 is 2.70 bits per heavy atom. The van der Waals surface area contributed by atoms with E-state index in [4.69, 9.17) is 5.73 Å². The van der Waals surface area contributed by atoms with Crippen LogP contribution in [0.1, 0.15) is 21.7 Å². The summed E-state index contributed by atoms with van der Waals surface area (Å²) in [4.78, 5) is 21.5. The predicted molar refractivity (Wildman–Crippen MR) is 91.1 cm³/mol. The van der Waals surface area contributed by atoms with Crippen molar-refractivity contribution in [1.82, 2.24) is 14.9 Å². The number of nitrogens with two attached hydrogens (primary N) is 1. The lowest BCUT2D eigenvalue weighted by Crippen LogP contribution is -2.21. The standard InChI is InChI=1S/C18H20N4O/c1-22(11-10-13-6-3-2-4-7-13)12-16-20-15-9-5-8-14(18(19)23)17(15)21-16/h2-9H,10-12H2,1H3,(H2,19,23)(H,20,21). The maximum Gasteiger partial charge on any atom is 0.250 e. The fourth-order valence-corrected chi connectivity index (χ4v) is 2.66. The first-order valence-electron chi connectivity index (χ1n) is 7.63. The zero-order valence-electron chi connectivity index (χ0n) is 13.1. The second-order valence-corrected chi connectivity index (χ2v) is 5.72. The third-order valence-corrected chi connectivity index (χ3v) is 3.87. The van der Waals surface area contributed by atoms with Gasteiger partial charge in [-0.3, -0.25) is 9.69 Å². The van der Waals surface area contributed by atoms with Crippen molar-refractivity contribution in [2.45, 2.75) is 13.0 Å². The number of hydrogen-bond donors (Lipinski definition) is 2. The lowest BCUT2D eigenvalue weighted by molar-refractivity contribution is 0.100. The Morgan fingerprint density at radius 1 is 1.17 bits per heavy atom. The van der Waals surface area contributed by atoms with Gasteiger partial charge in [0.15, 0.2) is 0 Å². The van der Waals surface area contributed by atoms with Crippen LogP contribution in [-0.4, -0.2) is 34.4 Å². The molecule has 5 nitrogen and oxygen atoms in total. The molecule has 0 aliphatic heterocycles. The van der Waals surface area contributed by atoms with E-state index in [1.807, 2.05) is 18.2 Å². The van der Waals surface area contributed by atoms with Crippen molar-refractivity contribution in [3.05, 3.63) is 65.5 Å². The molecule has 0 aliphatic rings. The molecule has 0 fully saturated rings. The minimum atomic E-state index is -0.453. The summed E-state index contributed by atoms with van der Waals surface area (Å²) in [6.07, 6.45) is 0.990. The number of nitrogens with zero attached hydrogens (tertiary/aromatic N) is 2. The average Bonchev–Trinajstić information content (AvgIpc) is 2.95. The molecule has 1 amide bonds. The number of hydrogen-bond acceptors (Lipinski definition) is 3. The first-order valence-corrected chi connectivity index (χ1v) is 7.63. The molecule has 0 spiro atoms. The molecule has 0 radical (unpaired) electrons. The lowest BCUT2D eigenvalue weighted by Gasteiger charge is -2.14. The fraction of sp³-hybridized carbons (Fsp3) is 0.222. The number of fused-ring (bicyclic) bond motifs is 1. The van der Waals surface area contributed by atoms with Crippen LogP contribution >= 0.6 is 0 Å². The number of aromatic amines is 1. The molecule has 0 saturated heterocycles. The zero-order valence-corrected chi connectivity index (χ0v) is 13.1. The molecule has 0 atom stereocenters. The van der Waals surface area contributed by atoms with Crippen LogP contribution in [0.15, 0.2) is 48.5 Å². The van der Waals surface area contributed by atoms with Crippen LogP contribution < -0.4 is 5.73 Å².